The smallest absolute Gasteiger partial charge is 0.408 e. The SMILES string of the molecule is CCOC(=O)C(C)=CC(Cc1ccc(Br)cc1)NC(=O)OC(C)(C)C. The summed E-state index contributed by atoms with van der Waals surface area (Å²) in [4.78, 5) is 24.0. The Bertz CT molecular complexity index is 617. The van der Waals surface area contributed by atoms with Gasteiger partial charge in [0.1, 0.15) is 5.60 Å². The molecule has 0 aliphatic rings. The van der Waals surface area contributed by atoms with E-state index in [9.17, 15) is 9.59 Å². The lowest BCUT2D eigenvalue weighted by Crippen LogP contribution is -2.39. The van der Waals surface area contributed by atoms with Gasteiger partial charge in [-0.05, 0) is 58.7 Å². The van der Waals surface area contributed by atoms with Crippen LogP contribution in [0, 0.1) is 0 Å². The first kappa shape index (κ1) is 21.2. The van der Waals surface area contributed by atoms with Crippen molar-refractivity contribution in [2.75, 3.05) is 6.61 Å². The quantitative estimate of drug-likeness (QED) is 0.556. The van der Waals surface area contributed by atoms with Crippen molar-refractivity contribution in [2.45, 2.75) is 52.7 Å². The molecular formula is C19H26BrNO4. The van der Waals surface area contributed by atoms with Gasteiger partial charge in [0.2, 0.25) is 0 Å². The molecular weight excluding hydrogens is 386 g/mol. The van der Waals surface area contributed by atoms with Crippen molar-refractivity contribution in [3.63, 3.8) is 0 Å². The molecule has 0 fully saturated rings. The van der Waals surface area contributed by atoms with Gasteiger partial charge in [0.15, 0.2) is 0 Å². The number of benzene rings is 1. The third-order valence-corrected chi connectivity index (χ3v) is 3.65. The first-order valence-corrected chi connectivity index (χ1v) is 8.99. The molecule has 6 heteroatoms. The highest BCUT2D eigenvalue weighted by Gasteiger charge is 2.20. The van der Waals surface area contributed by atoms with E-state index in [1.807, 2.05) is 24.3 Å². The second kappa shape index (κ2) is 9.61. The fourth-order valence-electron chi connectivity index (χ4n) is 2.10. The Morgan fingerprint density at radius 3 is 2.36 bits per heavy atom. The maximum Gasteiger partial charge on any atom is 0.408 e. The number of carbonyl (C=O) groups is 2. The van der Waals surface area contributed by atoms with Crippen molar-refractivity contribution in [1.29, 1.82) is 0 Å². The molecule has 0 saturated heterocycles. The van der Waals surface area contributed by atoms with Crippen LogP contribution in [0.5, 0.6) is 0 Å². The largest absolute Gasteiger partial charge is 0.463 e. The lowest BCUT2D eigenvalue weighted by molar-refractivity contribution is -0.138. The van der Waals surface area contributed by atoms with Crippen LogP contribution in [0.3, 0.4) is 0 Å². The van der Waals surface area contributed by atoms with Gasteiger partial charge in [-0.2, -0.15) is 0 Å². The van der Waals surface area contributed by atoms with Crippen molar-refractivity contribution >= 4 is 28.0 Å². The number of carbonyl (C=O) groups excluding carboxylic acids is 2. The van der Waals surface area contributed by atoms with Crippen molar-refractivity contribution in [3.8, 4) is 0 Å². The average Bonchev–Trinajstić information content (AvgIpc) is 2.47. The van der Waals surface area contributed by atoms with Gasteiger partial charge in [-0.25, -0.2) is 9.59 Å². The molecule has 0 spiro atoms. The van der Waals surface area contributed by atoms with Crippen LogP contribution in [-0.4, -0.2) is 30.3 Å². The lowest BCUT2D eigenvalue weighted by Gasteiger charge is -2.22. The molecule has 0 aliphatic carbocycles. The summed E-state index contributed by atoms with van der Waals surface area (Å²) in [5.74, 6) is -0.394. The molecule has 1 rings (SSSR count). The number of halogens is 1. The van der Waals surface area contributed by atoms with Crippen LogP contribution in [-0.2, 0) is 20.7 Å². The van der Waals surface area contributed by atoms with Gasteiger partial charge in [0.05, 0.1) is 12.6 Å². The van der Waals surface area contributed by atoms with Crippen molar-refractivity contribution in [3.05, 3.63) is 46.0 Å². The predicted molar refractivity (Wildman–Crippen MR) is 101 cm³/mol. The minimum absolute atomic E-state index is 0.306. The summed E-state index contributed by atoms with van der Waals surface area (Å²) in [5.41, 5.74) is 0.878. The predicted octanol–water partition coefficient (Wildman–Crippen LogP) is 4.39. The molecule has 0 saturated carbocycles. The summed E-state index contributed by atoms with van der Waals surface area (Å²) in [6.45, 7) is 9.13. The van der Waals surface area contributed by atoms with Crippen LogP contribution in [0.4, 0.5) is 4.79 Å². The van der Waals surface area contributed by atoms with E-state index in [0.717, 1.165) is 10.0 Å². The number of amides is 1. The van der Waals surface area contributed by atoms with Gasteiger partial charge in [-0.3, -0.25) is 0 Å². The fourth-order valence-corrected chi connectivity index (χ4v) is 2.36. The van der Waals surface area contributed by atoms with Crippen LogP contribution in [0.1, 0.15) is 40.2 Å². The number of hydrogen-bond donors (Lipinski definition) is 1. The third-order valence-electron chi connectivity index (χ3n) is 3.12. The molecule has 1 aromatic rings. The van der Waals surface area contributed by atoms with Crippen LogP contribution in [0.2, 0.25) is 0 Å². The normalized spacial score (nSPS) is 13.1. The number of hydrogen-bond acceptors (Lipinski definition) is 4. The zero-order valence-corrected chi connectivity index (χ0v) is 17.0. The molecule has 0 radical (unpaired) electrons. The van der Waals surface area contributed by atoms with E-state index in [2.05, 4.69) is 21.2 Å². The molecule has 25 heavy (non-hydrogen) atoms. The van der Waals surface area contributed by atoms with Crippen LogP contribution in [0.25, 0.3) is 0 Å². The highest BCUT2D eigenvalue weighted by Crippen LogP contribution is 2.14. The van der Waals surface area contributed by atoms with Crippen LogP contribution in [0.15, 0.2) is 40.4 Å². The molecule has 1 unspecified atom stereocenters. The molecule has 1 atom stereocenters. The molecule has 138 valence electrons. The van der Waals surface area contributed by atoms with Gasteiger partial charge in [0.25, 0.3) is 0 Å². The number of nitrogens with one attached hydrogen (secondary N) is 1. The second-order valence-electron chi connectivity index (χ2n) is 6.65. The summed E-state index contributed by atoms with van der Waals surface area (Å²) >= 11 is 3.40. The zero-order chi connectivity index (χ0) is 19.0. The Hall–Kier alpha value is -1.82. The van der Waals surface area contributed by atoms with E-state index >= 15 is 0 Å². The fraction of sp³-hybridized carbons (Fsp3) is 0.474. The van der Waals surface area contributed by atoms with Crippen molar-refractivity contribution in [1.82, 2.24) is 5.32 Å². The molecule has 5 nitrogen and oxygen atoms in total. The first-order valence-electron chi connectivity index (χ1n) is 8.20. The topological polar surface area (TPSA) is 64.6 Å². The summed E-state index contributed by atoms with van der Waals surface area (Å²) in [6.07, 6.45) is 1.70. The number of esters is 1. The molecule has 0 bridgehead atoms. The summed E-state index contributed by atoms with van der Waals surface area (Å²) in [7, 11) is 0. The Labute approximate surface area is 157 Å². The Balaban J connectivity index is 2.92. The van der Waals surface area contributed by atoms with E-state index in [4.69, 9.17) is 9.47 Å². The number of alkyl carbamates (subject to hydrolysis) is 1. The maximum atomic E-state index is 12.1. The van der Waals surface area contributed by atoms with E-state index in [1.165, 1.54) is 0 Å². The maximum absolute atomic E-state index is 12.1. The summed E-state index contributed by atoms with van der Waals surface area (Å²) in [5, 5.41) is 2.81. The van der Waals surface area contributed by atoms with E-state index in [0.29, 0.717) is 18.6 Å². The lowest BCUT2D eigenvalue weighted by atomic mass is 10.0. The van der Waals surface area contributed by atoms with Gasteiger partial charge < -0.3 is 14.8 Å². The number of rotatable bonds is 6. The van der Waals surface area contributed by atoms with Gasteiger partial charge >= 0.3 is 12.1 Å². The number of ether oxygens (including phenoxy) is 2. The van der Waals surface area contributed by atoms with Crippen molar-refractivity contribution in [2.24, 2.45) is 0 Å². The van der Waals surface area contributed by atoms with Crippen molar-refractivity contribution < 1.29 is 19.1 Å². The Morgan fingerprint density at radius 1 is 1.24 bits per heavy atom. The zero-order valence-electron chi connectivity index (χ0n) is 15.4. The molecule has 1 amide bonds. The summed E-state index contributed by atoms with van der Waals surface area (Å²) < 4.78 is 11.3. The summed E-state index contributed by atoms with van der Waals surface area (Å²) in [6, 6.07) is 7.40. The third kappa shape index (κ3) is 8.72. The first-order chi connectivity index (χ1) is 11.6. The second-order valence-corrected chi connectivity index (χ2v) is 7.57. The van der Waals surface area contributed by atoms with E-state index in [-0.39, 0.29) is 6.04 Å². The van der Waals surface area contributed by atoms with Crippen LogP contribution < -0.4 is 5.32 Å². The van der Waals surface area contributed by atoms with Gasteiger partial charge in [-0.15, -0.1) is 0 Å². The van der Waals surface area contributed by atoms with E-state index < -0.39 is 17.7 Å². The van der Waals surface area contributed by atoms with Gasteiger partial charge in [-0.1, -0.05) is 34.1 Å². The average molecular weight is 412 g/mol. The van der Waals surface area contributed by atoms with E-state index in [1.54, 1.807) is 40.7 Å². The monoisotopic (exact) mass is 411 g/mol. The molecule has 0 aliphatic heterocycles. The minimum atomic E-state index is -0.591. The molecule has 1 aromatic carbocycles. The Kier molecular flexibility index (Phi) is 8.16. The van der Waals surface area contributed by atoms with Crippen LogP contribution >= 0.6 is 15.9 Å². The van der Waals surface area contributed by atoms with Gasteiger partial charge in [0, 0.05) is 10.0 Å². The Morgan fingerprint density at radius 2 is 1.84 bits per heavy atom. The molecule has 1 N–H and O–H groups in total. The highest BCUT2D eigenvalue weighted by molar-refractivity contribution is 9.10. The minimum Gasteiger partial charge on any atom is -0.463 e. The highest BCUT2D eigenvalue weighted by atomic mass is 79.9. The standard InChI is InChI=1S/C19H26BrNO4/c1-6-24-17(22)13(2)11-16(21-18(23)25-19(3,4)5)12-14-7-9-15(20)10-8-14/h7-11,16H,6,12H2,1-5H3,(H,21,23). The molecule has 0 heterocycles. The molecule has 0 aromatic heterocycles.